The maximum atomic E-state index is 3.53. The number of likely N-dealkylation sites (N-methyl/N-ethyl adjacent to an activating group) is 1. The first-order chi connectivity index (χ1) is 10.3. The van der Waals surface area contributed by atoms with Crippen molar-refractivity contribution in [3.63, 3.8) is 0 Å². The van der Waals surface area contributed by atoms with Gasteiger partial charge in [-0.3, -0.25) is 0 Å². The number of nitrogens with one attached hydrogen (secondary N) is 1. The SMILES string of the molecule is C[N+]12CCCC1C1=C[C@H](c3ccccc3)C=CC1=CNC2. The first-order valence-electron chi connectivity index (χ1n) is 7.99. The monoisotopic (exact) mass is 279 g/mol. The van der Waals surface area contributed by atoms with Gasteiger partial charge in [0.15, 0.2) is 6.67 Å². The van der Waals surface area contributed by atoms with Crippen LogP contribution >= 0.6 is 0 Å². The quantitative estimate of drug-likeness (QED) is 0.778. The van der Waals surface area contributed by atoms with Crippen molar-refractivity contribution in [2.45, 2.75) is 24.8 Å². The number of allylic oxidation sites excluding steroid dienone is 3. The molecule has 2 heteroatoms. The van der Waals surface area contributed by atoms with Crippen molar-refractivity contribution in [1.82, 2.24) is 5.32 Å². The third-order valence-electron chi connectivity index (χ3n) is 5.33. The van der Waals surface area contributed by atoms with Crippen molar-refractivity contribution in [2.24, 2.45) is 0 Å². The molecule has 1 aromatic carbocycles. The van der Waals surface area contributed by atoms with E-state index in [4.69, 9.17) is 0 Å². The number of quaternary nitrogens is 1. The number of hydrogen-bond donors (Lipinski definition) is 1. The van der Waals surface area contributed by atoms with E-state index < -0.39 is 0 Å². The van der Waals surface area contributed by atoms with Crippen LogP contribution in [0.2, 0.25) is 0 Å². The van der Waals surface area contributed by atoms with E-state index in [9.17, 15) is 0 Å². The second-order valence-corrected chi connectivity index (χ2v) is 6.74. The fourth-order valence-electron chi connectivity index (χ4n) is 4.12. The lowest BCUT2D eigenvalue weighted by Crippen LogP contribution is -2.51. The van der Waals surface area contributed by atoms with Crippen molar-refractivity contribution >= 4 is 0 Å². The van der Waals surface area contributed by atoms with Crippen LogP contribution in [0.5, 0.6) is 0 Å². The zero-order valence-electron chi connectivity index (χ0n) is 12.6. The molecule has 2 unspecified atom stereocenters. The molecule has 2 aliphatic heterocycles. The summed E-state index contributed by atoms with van der Waals surface area (Å²) < 4.78 is 1.14. The van der Waals surface area contributed by atoms with Crippen LogP contribution in [0, 0.1) is 0 Å². The van der Waals surface area contributed by atoms with Crippen molar-refractivity contribution in [3.05, 3.63) is 71.5 Å². The van der Waals surface area contributed by atoms with Gasteiger partial charge >= 0.3 is 0 Å². The van der Waals surface area contributed by atoms with Gasteiger partial charge in [0.05, 0.1) is 13.6 Å². The molecule has 1 saturated heterocycles. The molecular weight excluding hydrogens is 256 g/mol. The molecule has 0 saturated carbocycles. The summed E-state index contributed by atoms with van der Waals surface area (Å²) in [4.78, 5) is 0. The zero-order valence-corrected chi connectivity index (χ0v) is 12.6. The normalized spacial score (nSPS) is 34.1. The van der Waals surface area contributed by atoms with Gasteiger partial charge < -0.3 is 9.80 Å². The van der Waals surface area contributed by atoms with Crippen molar-refractivity contribution < 1.29 is 4.48 Å². The smallest absolute Gasteiger partial charge is 0.151 e. The van der Waals surface area contributed by atoms with E-state index in [0.29, 0.717) is 12.0 Å². The lowest BCUT2D eigenvalue weighted by Gasteiger charge is -2.36. The van der Waals surface area contributed by atoms with Gasteiger partial charge in [0, 0.05) is 30.5 Å². The minimum absolute atomic E-state index is 0.422. The standard InChI is InChI=1S/C19H23N2/c1-21-11-5-8-19(21)18-12-16(15-6-3-2-4-7-15)9-10-17(18)13-20-14-21/h2-4,6-7,9-10,12-13,16,19-20H,5,8,11,14H2,1H3/q+1/t16-,19?,21?/m1/s1. The molecule has 108 valence electrons. The van der Waals surface area contributed by atoms with E-state index in [1.165, 1.54) is 30.5 Å². The molecular formula is C19H23N2+. The number of rotatable bonds is 1. The molecule has 21 heavy (non-hydrogen) atoms. The van der Waals surface area contributed by atoms with Crippen LogP contribution in [0.15, 0.2) is 65.9 Å². The summed E-state index contributed by atoms with van der Waals surface area (Å²) in [6.07, 6.45) is 12.0. The summed E-state index contributed by atoms with van der Waals surface area (Å²) in [5.41, 5.74) is 4.33. The van der Waals surface area contributed by atoms with Crippen LogP contribution in [0.25, 0.3) is 0 Å². The Morgan fingerprint density at radius 2 is 2.05 bits per heavy atom. The highest BCUT2D eigenvalue weighted by atomic mass is 15.4. The summed E-state index contributed by atoms with van der Waals surface area (Å²) in [6, 6.07) is 11.5. The minimum Gasteiger partial charge on any atom is -0.345 e. The second kappa shape index (κ2) is 4.88. The first kappa shape index (κ1) is 12.9. The molecule has 0 bridgehead atoms. The fraction of sp³-hybridized carbons (Fsp3) is 0.368. The molecule has 0 aromatic heterocycles. The molecule has 1 aromatic rings. The Bertz CT molecular complexity index is 626. The largest absolute Gasteiger partial charge is 0.345 e. The maximum Gasteiger partial charge on any atom is 0.151 e. The Hall–Kier alpha value is -1.80. The van der Waals surface area contributed by atoms with E-state index in [1.807, 2.05) is 0 Å². The van der Waals surface area contributed by atoms with Crippen molar-refractivity contribution in [3.8, 4) is 0 Å². The summed E-state index contributed by atoms with van der Waals surface area (Å²) >= 11 is 0. The molecule has 0 amide bonds. The van der Waals surface area contributed by atoms with E-state index in [1.54, 1.807) is 5.57 Å². The van der Waals surface area contributed by atoms with E-state index in [0.717, 1.165) is 11.2 Å². The number of benzene rings is 1. The molecule has 1 fully saturated rings. The molecule has 3 atom stereocenters. The maximum absolute atomic E-state index is 3.53. The Balaban J connectivity index is 1.74. The molecule has 3 aliphatic rings. The summed E-state index contributed by atoms with van der Waals surface area (Å²) in [6.45, 7) is 2.34. The van der Waals surface area contributed by atoms with Gasteiger partial charge in [0.25, 0.3) is 0 Å². The molecule has 4 rings (SSSR count). The highest BCUT2D eigenvalue weighted by molar-refractivity contribution is 5.50. The highest BCUT2D eigenvalue weighted by Crippen LogP contribution is 2.39. The van der Waals surface area contributed by atoms with Crippen LogP contribution in [0.3, 0.4) is 0 Å². The first-order valence-corrected chi connectivity index (χ1v) is 7.99. The molecule has 2 nitrogen and oxygen atoms in total. The van der Waals surface area contributed by atoms with Gasteiger partial charge in [-0.2, -0.15) is 0 Å². The van der Waals surface area contributed by atoms with Crippen molar-refractivity contribution in [1.29, 1.82) is 0 Å². The third-order valence-corrected chi connectivity index (χ3v) is 5.33. The van der Waals surface area contributed by atoms with Crippen LogP contribution in [0.4, 0.5) is 0 Å². The van der Waals surface area contributed by atoms with Crippen LogP contribution in [-0.4, -0.2) is 30.8 Å². The van der Waals surface area contributed by atoms with E-state index in [-0.39, 0.29) is 0 Å². The zero-order chi connectivity index (χ0) is 14.3. The second-order valence-electron chi connectivity index (χ2n) is 6.74. The predicted molar refractivity (Wildman–Crippen MR) is 86.6 cm³/mol. The Morgan fingerprint density at radius 1 is 1.19 bits per heavy atom. The summed E-state index contributed by atoms with van der Waals surface area (Å²) in [7, 11) is 2.40. The molecule has 2 heterocycles. The molecule has 0 spiro atoms. The summed E-state index contributed by atoms with van der Waals surface area (Å²) in [5, 5.41) is 3.53. The van der Waals surface area contributed by atoms with E-state index >= 15 is 0 Å². The Kier molecular flexibility index (Phi) is 3.00. The van der Waals surface area contributed by atoms with Crippen LogP contribution in [0.1, 0.15) is 24.3 Å². The number of fused-ring (bicyclic) bond motifs is 3. The lowest BCUT2D eigenvalue weighted by molar-refractivity contribution is -0.917. The van der Waals surface area contributed by atoms with Gasteiger partial charge in [0.1, 0.15) is 6.04 Å². The average Bonchev–Trinajstić information content (AvgIpc) is 2.84. The highest BCUT2D eigenvalue weighted by Gasteiger charge is 2.42. The third kappa shape index (κ3) is 2.14. The molecule has 1 aliphatic carbocycles. The number of nitrogens with zero attached hydrogens (tertiary/aromatic N) is 1. The Morgan fingerprint density at radius 3 is 2.90 bits per heavy atom. The molecule has 0 radical (unpaired) electrons. The summed E-state index contributed by atoms with van der Waals surface area (Å²) in [5.74, 6) is 0.422. The van der Waals surface area contributed by atoms with E-state index in [2.05, 4.69) is 67.1 Å². The minimum atomic E-state index is 0.422. The van der Waals surface area contributed by atoms with Crippen molar-refractivity contribution in [2.75, 3.05) is 20.3 Å². The van der Waals surface area contributed by atoms with Gasteiger partial charge in [-0.1, -0.05) is 48.6 Å². The van der Waals surface area contributed by atoms with Gasteiger partial charge in [-0.25, -0.2) is 0 Å². The number of hydrogen-bond acceptors (Lipinski definition) is 1. The average molecular weight is 279 g/mol. The predicted octanol–water partition coefficient (Wildman–Crippen LogP) is 3.32. The van der Waals surface area contributed by atoms with Crippen LogP contribution in [-0.2, 0) is 0 Å². The van der Waals surface area contributed by atoms with Gasteiger partial charge in [0.2, 0.25) is 0 Å². The van der Waals surface area contributed by atoms with Crippen LogP contribution < -0.4 is 5.32 Å². The van der Waals surface area contributed by atoms with Gasteiger partial charge in [-0.15, -0.1) is 0 Å². The molecule has 1 N–H and O–H groups in total. The lowest BCUT2D eigenvalue weighted by atomic mass is 9.85. The Labute approximate surface area is 127 Å². The topological polar surface area (TPSA) is 12.0 Å². The van der Waals surface area contributed by atoms with Gasteiger partial charge in [-0.05, 0) is 11.1 Å². The fourth-order valence-corrected chi connectivity index (χ4v) is 4.12.